The first-order chi connectivity index (χ1) is 11.1. The van der Waals surface area contributed by atoms with E-state index in [0.29, 0.717) is 11.3 Å². The van der Waals surface area contributed by atoms with Gasteiger partial charge in [-0.3, -0.25) is 4.79 Å². The fraction of sp³-hybridized carbons (Fsp3) is 0.222. The second-order valence-corrected chi connectivity index (χ2v) is 6.23. The molecule has 0 heterocycles. The molecule has 120 valence electrons. The SMILES string of the molecule is CCSc1ccccc1C(=O)OCC(=O)Nc1cccc(C)c1. The lowest BCUT2D eigenvalue weighted by Gasteiger charge is -2.09. The number of hydrogen-bond acceptors (Lipinski definition) is 4. The van der Waals surface area contributed by atoms with Gasteiger partial charge in [0.05, 0.1) is 5.56 Å². The largest absolute Gasteiger partial charge is 0.452 e. The predicted octanol–water partition coefficient (Wildman–Crippen LogP) is 3.90. The fourth-order valence-corrected chi connectivity index (χ4v) is 2.84. The third-order valence-corrected chi connectivity index (χ3v) is 4.00. The van der Waals surface area contributed by atoms with E-state index in [1.165, 1.54) is 0 Å². The number of aryl methyl sites for hydroxylation is 1. The van der Waals surface area contributed by atoms with E-state index in [0.717, 1.165) is 16.2 Å². The summed E-state index contributed by atoms with van der Waals surface area (Å²) in [5.41, 5.74) is 2.22. The minimum Gasteiger partial charge on any atom is -0.452 e. The number of nitrogens with one attached hydrogen (secondary N) is 1. The summed E-state index contributed by atoms with van der Waals surface area (Å²) >= 11 is 1.57. The molecule has 0 saturated carbocycles. The summed E-state index contributed by atoms with van der Waals surface area (Å²) in [7, 11) is 0. The standard InChI is InChI=1S/C18H19NO3S/c1-3-23-16-10-5-4-9-15(16)18(21)22-12-17(20)19-14-8-6-7-13(2)11-14/h4-11H,3,12H2,1-2H3,(H,19,20). The summed E-state index contributed by atoms with van der Waals surface area (Å²) in [4.78, 5) is 24.9. The van der Waals surface area contributed by atoms with E-state index in [2.05, 4.69) is 5.32 Å². The molecule has 1 N–H and O–H groups in total. The summed E-state index contributed by atoms with van der Waals surface area (Å²) in [5.74, 6) is 0.0172. The number of anilines is 1. The number of ether oxygens (including phenoxy) is 1. The van der Waals surface area contributed by atoms with Gasteiger partial charge in [-0.1, -0.05) is 31.2 Å². The normalized spacial score (nSPS) is 10.2. The van der Waals surface area contributed by atoms with Crippen LogP contribution in [0, 0.1) is 6.92 Å². The van der Waals surface area contributed by atoms with Gasteiger partial charge in [0.25, 0.3) is 5.91 Å². The maximum atomic E-state index is 12.1. The molecule has 5 heteroatoms. The summed E-state index contributed by atoms with van der Waals surface area (Å²) in [6, 6.07) is 14.7. The molecule has 0 fully saturated rings. The van der Waals surface area contributed by atoms with Crippen molar-refractivity contribution in [3.63, 3.8) is 0 Å². The first-order valence-corrected chi connectivity index (χ1v) is 8.34. The zero-order chi connectivity index (χ0) is 16.7. The Morgan fingerprint density at radius 1 is 1.13 bits per heavy atom. The molecule has 0 aliphatic heterocycles. The molecule has 0 spiro atoms. The Morgan fingerprint density at radius 2 is 1.91 bits per heavy atom. The molecule has 23 heavy (non-hydrogen) atoms. The molecule has 0 aliphatic rings. The third-order valence-electron chi connectivity index (χ3n) is 3.04. The first kappa shape index (κ1) is 17.1. The van der Waals surface area contributed by atoms with Gasteiger partial charge in [-0.25, -0.2) is 4.79 Å². The maximum Gasteiger partial charge on any atom is 0.339 e. The van der Waals surface area contributed by atoms with Gasteiger partial charge in [-0.15, -0.1) is 11.8 Å². The summed E-state index contributed by atoms with van der Waals surface area (Å²) in [6.07, 6.45) is 0. The van der Waals surface area contributed by atoms with Gasteiger partial charge in [-0.2, -0.15) is 0 Å². The Labute approximate surface area is 140 Å². The number of benzene rings is 2. The number of hydrogen-bond donors (Lipinski definition) is 1. The van der Waals surface area contributed by atoms with Gasteiger partial charge in [0, 0.05) is 10.6 Å². The van der Waals surface area contributed by atoms with Crippen molar-refractivity contribution in [2.75, 3.05) is 17.7 Å². The van der Waals surface area contributed by atoms with E-state index < -0.39 is 5.97 Å². The van der Waals surface area contributed by atoms with Crippen molar-refractivity contribution in [3.05, 3.63) is 59.7 Å². The Morgan fingerprint density at radius 3 is 2.65 bits per heavy atom. The van der Waals surface area contributed by atoms with Crippen molar-refractivity contribution in [3.8, 4) is 0 Å². The highest BCUT2D eigenvalue weighted by Crippen LogP contribution is 2.22. The van der Waals surface area contributed by atoms with Crippen LogP contribution < -0.4 is 5.32 Å². The number of thioether (sulfide) groups is 1. The number of amides is 1. The average molecular weight is 329 g/mol. The molecule has 2 aromatic carbocycles. The zero-order valence-corrected chi connectivity index (χ0v) is 14.0. The molecular weight excluding hydrogens is 310 g/mol. The highest BCUT2D eigenvalue weighted by Gasteiger charge is 2.14. The van der Waals surface area contributed by atoms with Crippen molar-refractivity contribution in [1.29, 1.82) is 0 Å². The smallest absolute Gasteiger partial charge is 0.339 e. The molecule has 0 radical (unpaired) electrons. The molecule has 0 aromatic heterocycles. The molecular formula is C18H19NO3S. The van der Waals surface area contributed by atoms with Gasteiger partial charge in [0.15, 0.2) is 6.61 Å². The first-order valence-electron chi connectivity index (χ1n) is 7.35. The van der Waals surface area contributed by atoms with E-state index in [1.54, 1.807) is 30.0 Å². The van der Waals surface area contributed by atoms with Crippen molar-refractivity contribution < 1.29 is 14.3 Å². The van der Waals surface area contributed by atoms with Crippen LogP contribution in [0.3, 0.4) is 0 Å². The van der Waals surface area contributed by atoms with Crippen molar-refractivity contribution >= 4 is 29.3 Å². The van der Waals surface area contributed by atoms with Crippen LogP contribution >= 0.6 is 11.8 Å². The Hall–Kier alpha value is -2.27. The van der Waals surface area contributed by atoms with Crippen LogP contribution in [-0.2, 0) is 9.53 Å². The quantitative estimate of drug-likeness (QED) is 0.645. The van der Waals surface area contributed by atoms with Crippen LogP contribution in [0.1, 0.15) is 22.8 Å². The fourth-order valence-electron chi connectivity index (χ4n) is 2.05. The summed E-state index contributed by atoms with van der Waals surface area (Å²) in [5, 5.41) is 2.71. The van der Waals surface area contributed by atoms with Crippen LogP contribution in [0.15, 0.2) is 53.4 Å². The minimum absolute atomic E-state index is 0.308. The number of carbonyl (C=O) groups is 2. The van der Waals surface area contributed by atoms with Gasteiger partial charge < -0.3 is 10.1 Å². The molecule has 2 aromatic rings. The van der Waals surface area contributed by atoms with Crippen molar-refractivity contribution in [2.24, 2.45) is 0 Å². The summed E-state index contributed by atoms with van der Waals surface area (Å²) in [6.45, 7) is 3.65. The van der Waals surface area contributed by atoms with Crippen LogP contribution in [-0.4, -0.2) is 24.2 Å². The number of esters is 1. The average Bonchev–Trinajstić information content (AvgIpc) is 2.53. The Balaban J connectivity index is 1.92. The molecule has 0 unspecified atom stereocenters. The Kier molecular flexibility index (Phi) is 6.23. The molecule has 0 atom stereocenters. The summed E-state index contributed by atoms with van der Waals surface area (Å²) < 4.78 is 5.12. The maximum absolute atomic E-state index is 12.1. The number of carbonyl (C=O) groups excluding carboxylic acids is 2. The van der Waals surface area contributed by atoms with Crippen LogP contribution in [0.25, 0.3) is 0 Å². The van der Waals surface area contributed by atoms with Gasteiger partial charge in [0.2, 0.25) is 0 Å². The van der Waals surface area contributed by atoms with Crippen LogP contribution in [0.5, 0.6) is 0 Å². The van der Waals surface area contributed by atoms with E-state index in [9.17, 15) is 9.59 Å². The molecule has 2 rings (SSSR count). The number of rotatable bonds is 6. The minimum atomic E-state index is -0.485. The van der Waals surface area contributed by atoms with Gasteiger partial charge in [-0.05, 0) is 42.5 Å². The molecule has 0 aliphatic carbocycles. The van der Waals surface area contributed by atoms with Crippen LogP contribution in [0.4, 0.5) is 5.69 Å². The van der Waals surface area contributed by atoms with Crippen molar-refractivity contribution in [2.45, 2.75) is 18.7 Å². The third kappa shape index (κ3) is 5.14. The second-order valence-electron chi connectivity index (χ2n) is 4.92. The highest BCUT2D eigenvalue weighted by atomic mass is 32.2. The zero-order valence-electron chi connectivity index (χ0n) is 13.2. The molecule has 4 nitrogen and oxygen atoms in total. The van der Waals surface area contributed by atoms with E-state index >= 15 is 0 Å². The highest BCUT2D eigenvalue weighted by molar-refractivity contribution is 7.99. The lowest BCUT2D eigenvalue weighted by molar-refractivity contribution is -0.119. The lowest BCUT2D eigenvalue weighted by Crippen LogP contribution is -2.21. The lowest BCUT2D eigenvalue weighted by atomic mass is 10.2. The Bertz CT molecular complexity index is 700. The van der Waals surface area contributed by atoms with Crippen molar-refractivity contribution in [1.82, 2.24) is 0 Å². The monoisotopic (exact) mass is 329 g/mol. The van der Waals surface area contributed by atoms with Gasteiger partial charge in [0.1, 0.15) is 0 Å². The predicted molar refractivity (Wildman–Crippen MR) is 92.9 cm³/mol. The second kappa shape index (κ2) is 8.39. The molecule has 0 bridgehead atoms. The van der Waals surface area contributed by atoms with Gasteiger partial charge >= 0.3 is 5.97 Å². The molecule has 0 saturated heterocycles. The molecule has 1 amide bonds. The van der Waals surface area contributed by atoms with Crippen LogP contribution in [0.2, 0.25) is 0 Å². The van der Waals surface area contributed by atoms with E-state index in [4.69, 9.17) is 4.74 Å². The van der Waals surface area contributed by atoms with E-state index in [-0.39, 0.29) is 12.5 Å². The van der Waals surface area contributed by atoms with E-state index in [1.807, 2.05) is 44.2 Å². The topological polar surface area (TPSA) is 55.4 Å².